The van der Waals surface area contributed by atoms with Crippen LogP contribution in [-0.4, -0.2) is 27.7 Å². The molecule has 0 rings (SSSR count). The molecule has 0 aliphatic rings. The van der Waals surface area contributed by atoms with Crippen LogP contribution in [0.15, 0.2) is 0 Å². The van der Waals surface area contributed by atoms with Crippen LogP contribution in [0.1, 0.15) is 6.42 Å². The van der Waals surface area contributed by atoms with Crippen molar-refractivity contribution in [1.29, 1.82) is 0 Å². The van der Waals surface area contributed by atoms with Crippen molar-refractivity contribution in [2.24, 2.45) is 11.5 Å². The van der Waals surface area contributed by atoms with E-state index in [-0.39, 0.29) is 0 Å². The lowest BCUT2D eigenvalue weighted by Gasteiger charge is -2.09. The molecule has 0 unspecified atom stereocenters. The highest BCUT2D eigenvalue weighted by Gasteiger charge is 2.26. The Kier molecular flexibility index (Phi) is 4.02. The first-order valence-electron chi connectivity index (χ1n) is 3.05. The fourth-order valence-electron chi connectivity index (χ4n) is 0.485. The fraction of sp³-hybridized carbons (Fsp3) is 0.500. The van der Waals surface area contributed by atoms with E-state index in [2.05, 4.69) is 10.3 Å². The largest absolute Gasteiger partial charge is 0.527 e. The van der Waals surface area contributed by atoms with Crippen molar-refractivity contribution in [3.05, 3.63) is 0 Å². The molecule has 6 N–H and O–H groups in total. The second kappa shape index (κ2) is 4.33. The van der Waals surface area contributed by atoms with E-state index in [9.17, 15) is 14.2 Å². The van der Waals surface area contributed by atoms with Gasteiger partial charge in [0.15, 0.2) is 0 Å². The van der Waals surface area contributed by atoms with Gasteiger partial charge in [0.1, 0.15) is 6.04 Å². The van der Waals surface area contributed by atoms with Crippen LogP contribution in [0, 0.1) is 0 Å². The number of phosphoric acid groups is 1. The maximum Gasteiger partial charge on any atom is 0.527 e. The summed E-state index contributed by atoms with van der Waals surface area (Å²) in [6, 6.07) is -1.45. The maximum absolute atomic E-state index is 10.6. The van der Waals surface area contributed by atoms with Gasteiger partial charge in [0.2, 0.25) is 5.91 Å². The molecule has 0 heterocycles. The van der Waals surface area contributed by atoms with Gasteiger partial charge in [-0.25, -0.2) is 9.36 Å². The molecular formula is C4H9N2O6P. The van der Waals surface area contributed by atoms with Gasteiger partial charge in [0.25, 0.3) is 0 Å². The molecule has 76 valence electrons. The first-order chi connectivity index (χ1) is 5.72. The molecule has 0 radical (unpaired) electrons. The molecule has 0 aliphatic carbocycles. The van der Waals surface area contributed by atoms with Crippen molar-refractivity contribution in [1.82, 2.24) is 0 Å². The Morgan fingerprint density at radius 2 is 1.92 bits per heavy atom. The predicted molar refractivity (Wildman–Crippen MR) is 39.9 cm³/mol. The molecule has 0 bridgehead atoms. The maximum atomic E-state index is 10.6. The minimum Gasteiger partial charge on any atom is -0.370 e. The number of amides is 1. The van der Waals surface area contributed by atoms with E-state index in [1.807, 2.05) is 0 Å². The molecular weight excluding hydrogens is 203 g/mol. The zero-order chi connectivity index (χ0) is 10.6. The number of nitrogens with two attached hydrogens (primary N) is 2. The van der Waals surface area contributed by atoms with E-state index in [1.54, 1.807) is 0 Å². The van der Waals surface area contributed by atoms with Gasteiger partial charge < -0.3 is 16.0 Å². The van der Waals surface area contributed by atoms with Crippen molar-refractivity contribution < 1.29 is 28.5 Å². The number of rotatable bonds is 4. The quantitative estimate of drug-likeness (QED) is 0.386. The van der Waals surface area contributed by atoms with Crippen LogP contribution in [0.2, 0.25) is 0 Å². The van der Waals surface area contributed by atoms with E-state index >= 15 is 0 Å². The lowest BCUT2D eigenvalue weighted by atomic mass is 10.2. The van der Waals surface area contributed by atoms with Crippen LogP contribution in [0.3, 0.4) is 0 Å². The summed E-state index contributed by atoms with van der Waals surface area (Å²) >= 11 is 0. The summed E-state index contributed by atoms with van der Waals surface area (Å²) in [6.45, 7) is 0. The van der Waals surface area contributed by atoms with Gasteiger partial charge in [-0.05, 0) is 0 Å². The Morgan fingerprint density at radius 3 is 2.23 bits per heavy atom. The fourth-order valence-corrected chi connectivity index (χ4v) is 0.855. The van der Waals surface area contributed by atoms with Crippen LogP contribution < -0.4 is 11.5 Å². The summed E-state index contributed by atoms with van der Waals surface area (Å²) in [5.41, 5.74) is 9.68. The van der Waals surface area contributed by atoms with Gasteiger partial charge in [0.05, 0.1) is 6.42 Å². The highest BCUT2D eigenvalue weighted by Crippen LogP contribution is 2.36. The van der Waals surface area contributed by atoms with E-state index in [1.165, 1.54) is 0 Å². The molecule has 9 heteroatoms. The number of carbonyl (C=O) groups is 2. The Balaban J connectivity index is 4.12. The lowest BCUT2D eigenvalue weighted by Crippen LogP contribution is -2.35. The molecule has 0 aromatic rings. The van der Waals surface area contributed by atoms with Crippen molar-refractivity contribution in [3.8, 4) is 0 Å². The molecule has 0 spiro atoms. The van der Waals surface area contributed by atoms with Crippen LogP contribution >= 0.6 is 7.82 Å². The number of hydrogen-bond acceptors (Lipinski definition) is 5. The summed E-state index contributed by atoms with van der Waals surface area (Å²) in [5, 5.41) is 0. The molecule has 0 saturated carbocycles. The van der Waals surface area contributed by atoms with Gasteiger partial charge in [0, 0.05) is 0 Å². The van der Waals surface area contributed by atoms with E-state index in [0.29, 0.717) is 0 Å². The van der Waals surface area contributed by atoms with Crippen molar-refractivity contribution in [3.63, 3.8) is 0 Å². The van der Waals surface area contributed by atoms with Crippen LogP contribution in [0.25, 0.3) is 0 Å². The number of carbonyl (C=O) groups excluding carboxylic acids is 2. The van der Waals surface area contributed by atoms with Gasteiger partial charge in [-0.3, -0.25) is 14.6 Å². The summed E-state index contributed by atoms with van der Waals surface area (Å²) in [5.74, 6) is -2.23. The minimum absolute atomic E-state index is 0.529. The standard InChI is InChI=1S/C4H9N2O6P/c5-2(1-3(6)7)4(8)12-13(9,10)11/h2H,1,5H2,(H2,6,7)(H2,9,10,11)/t2-/m0/s1. The molecule has 1 atom stereocenters. The zero-order valence-corrected chi connectivity index (χ0v) is 7.31. The van der Waals surface area contributed by atoms with Gasteiger partial charge in [-0.15, -0.1) is 0 Å². The van der Waals surface area contributed by atoms with Crippen molar-refractivity contribution in [2.75, 3.05) is 0 Å². The first-order valence-corrected chi connectivity index (χ1v) is 4.58. The molecule has 0 aromatic carbocycles. The second-order valence-electron chi connectivity index (χ2n) is 2.18. The number of primary amides is 1. The van der Waals surface area contributed by atoms with Crippen molar-refractivity contribution >= 4 is 19.7 Å². The molecule has 0 fully saturated rings. The molecule has 0 aliphatic heterocycles. The Bertz CT molecular complexity index is 259. The third kappa shape index (κ3) is 6.23. The van der Waals surface area contributed by atoms with Crippen LogP contribution in [0.4, 0.5) is 0 Å². The third-order valence-electron chi connectivity index (χ3n) is 0.933. The van der Waals surface area contributed by atoms with Gasteiger partial charge >= 0.3 is 13.8 Å². The Labute approximate surface area is 73.1 Å². The molecule has 0 aromatic heterocycles. The molecule has 13 heavy (non-hydrogen) atoms. The van der Waals surface area contributed by atoms with Crippen LogP contribution in [0.5, 0.6) is 0 Å². The number of phosphoric ester groups is 1. The van der Waals surface area contributed by atoms with E-state index < -0.39 is 32.2 Å². The molecule has 8 nitrogen and oxygen atoms in total. The van der Waals surface area contributed by atoms with Gasteiger partial charge in [-0.2, -0.15) is 0 Å². The van der Waals surface area contributed by atoms with E-state index in [0.717, 1.165) is 0 Å². The van der Waals surface area contributed by atoms with Crippen LogP contribution in [-0.2, 0) is 18.7 Å². The predicted octanol–water partition coefficient (Wildman–Crippen LogP) is -2.17. The average Bonchev–Trinajstić information content (AvgIpc) is 1.81. The third-order valence-corrected chi connectivity index (χ3v) is 1.35. The molecule has 1 amide bonds. The average molecular weight is 212 g/mol. The topological polar surface area (TPSA) is 153 Å². The first kappa shape index (κ1) is 12.0. The summed E-state index contributed by atoms with van der Waals surface area (Å²) in [4.78, 5) is 37.2. The SMILES string of the molecule is NC(=O)C[C@H](N)C(=O)OP(=O)(O)O. The van der Waals surface area contributed by atoms with E-state index in [4.69, 9.17) is 15.5 Å². The smallest absolute Gasteiger partial charge is 0.370 e. The zero-order valence-electron chi connectivity index (χ0n) is 6.41. The summed E-state index contributed by atoms with van der Waals surface area (Å²) < 4.78 is 13.7. The molecule has 0 saturated heterocycles. The highest BCUT2D eigenvalue weighted by molar-refractivity contribution is 7.46. The normalized spacial score (nSPS) is 13.5. The Hall–Kier alpha value is -0.950. The summed E-state index contributed by atoms with van der Waals surface area (Å²) in [7, 11) is -4.90. The monoisotopic (exact) mass is 212 g/mol. The number of hydrogen-bond donors (Lipinski definition) is 4. The summed E-state index contributed by atoms with van der Waals surface area (Å²) in [6.07, 6.45) is -0.529. The highest BCUT2D eigenvalue weighted by atomic mass is 31.2. The Morgan fingerprint density at radius 1 is 1.46 bits per heavy atom. The van der Waals surface area contributed by atoms with Crippen molar-refractivity contribution in [2.45, 2.75) is 12.5 Å². The van der Waals surface area contributed by atoms with Gasteiger partial charge in [-0.1, -0.05) is 0 Å². The minimum atomic E-state index is -4.90. The lowest BCUT2D eigenvalue weighted by molar-refractivity contribution is -0.138. The second-order valence-corrected chi connectivity index (χ2v) is 3.34.